The molecule has 2 aromatic heterocycles. The number of hydrogen-bond donors (Lipinski definition) is 8. The van der Waals surface area contributed by atoms with Gasteiger partial charge in [-0.05, 0) is 11.6 Å². The van der Waals surface area contributed by atoms with Gasteiger partial charge in [-0.15, -0.1) is 0 Å². The van der Waals surface area contributed by atoms with Gasteiger partial charge in [0.2, 0.25) is 35.4 Å². The number of para-hydroxylation sites is 1. The maximum Gasteiger partial charge on any atom is 0.243 e. The summed E-state index contributed by atoms with van der Waals surface area (Å²) in [6.07, 6.45) is 4.97. The summed E-state index contributed by atoms with van der Waals surface area (Å²) in [4.78, 5) is 82.0. The number of nitrogens with two attached hydrogens (primary N) is 1. The topological polar surface area (TPSA) is 233 Å². The van der Waals surface area contributed by atoms with Gasteiger partial charge in [-0.2, -0.15) is 0 Å². The van der Waals surface area contributed by atoms with Crippen molar-refractivity contribution in [3.8, 4) is 0 Å². The third-order valence-corrected chi connectivity index (χ3v) is 5.77. The van der Waals surface area contributed by atoms with Gasteiger partial charge in [-0.25, -0.2) is 4.98 Å². The van der Waals surface area contributed by atoms with Crippen LogP contribution in [-0.4, -0.2) is 82.1 Å². The molecule has 0 spiro atoms. The average molecular weight is 554 g/mol. The number of H-pyrrole nitrogens is 2. The monoisotopic (exact) mass is 553 g/mol. The third-order valence-electron chi connectivity index (χ3n) is 5.77. The smallest absolute Gasteiger partial charge is 0.243 e. The van der Waals surface area contributed by atoms with Crippen molar-refractivity contribution < 1.29 is 28.8 Å². The Labute approximate surface area is 228 Å². The minimum Gasteiger partial charge on any atom is -0.368 e. The molecule has 15 heteroatoms. The lowest BCUT2D eigenvalue weighted by Gasteiger charge is -2.17. The van der Waals surface area contributed by atoms with Gasteiger partial charge in [0.25, 0.3) is 0 Å². The molecule has 3 rings (SSSR count). The largest absolute Gasteiger partial charge is 0.368 e. The van der Waals surface area contributed by atoms with Crippen molar-refractivity contribution in [3.05, 3.63) is 54.2 Å². The van der Waals surface area contributed by atoms with Crippen LogP contribution in [0.15, 0.2) is 43.0 Å². The zero-order valence-corrected chi connectivity index (χ0v) is 21.7. The van der Waals surface area contributed by atoms with E-state index in [1.54, 1.807) is 6.20 Å². The first-order valence-corrected chi connectivity index (χ1v) is 12.3. The van der Waals surface area contributed by atoms with Gasteiger partial charge in [0.15, 0.2) is 0 Å². The fourth-order valence-electron chi connectivity index (χ4n) is 3.83. The molecule has 9 N–H and O–H groups in total. The quantitative estimate of drug-likeness (QED) is 0.107. The Morgan fingerprint density at radius 2 is 1.52 bits per heavy atom. The van der Waals surface area contributed by atoms with Crippen LogP contribution in [0.25, 0.3) is 10.9 Å². The fraction of sp³-hybridized carbons (Fsp3) is 0.320. The predicted octanol–water partition coefficient (Wildman–Crippen LogP) is -2.50. The van der Waals surface area contributed by atoms with Crippen molar-refractivity contribution in [2.45, 2.75) is 31.8 Å². The minimum absolute atomic E-state index is 0.135. The van der Waals surface area contributed by atoms with Crippen molar-refractivity contribution >= 4 is 46.3 Å². The maximum absolute atomic E-state index is 12.4. The van der Waals surface area contributed by atoms with E-state index in [4.69, 9.17) is 5.73 Å². The van der Waals surface area contributed by atoms with Gasteiger partial charge in [0, 0.05) is 48.8 Å². The number of fused-ring (bicyclic) bond motifs is 1. The van der Waals surface area contributed by atoms with Gasteiger partial charge in [-0.3, -0.25) is 28.8 Å². The van der Waals surface area contributed by atoms with E-state index >= 15 is 0 Å². The number of primary amides is 1. The molecule has 40 heavy (non-hydrogen) atoms. The number of hydrogen-bond acceptors (Lipinski definition) is 7. The molecule has 1 aromatic carbocycles. The van der Waals surface area contributed by atoms with Crippen LogP contribution in [0, 0.1) is 0 Å². The molecule has 212 valence electrons. The van der Waals surface area contributed by atoms with Crippen molar-refractivity contribution in [1.29, 1.82) is 0 Å². The van der Waals surface area contributed by atoms with Gasteiger partial charge in [0.1, 0.15) is 12.1 Å². The highest BCUT2D eigenvalue weighted by atomic mass is 16.2. The van der Waals surface area contributed by atoms with E-state index in [0.29, 0.717) is 5.69 Å². The summed E-state index contributed by atoms with van der Waals surface area (Å²) in [6, 6.07) is 5.54. The minimum atomic E-state index is -0.999. The second kappa shape index (κ2) is 14.1. The Balaban J connectivity index is 1.38. The summed E-state index contributed by atoms with van der Waals surface area (Å²) in [6.45, 7) is -0.0919. The van der Waals surface area contributed by atoms with Crippen LogP contribution < -0.4 is 32.3 Å². The highest BCUT2D eigenvalue weighted by Crippen LogP contribution is 2.19. The van der Waals surface area contributed by atoms with E-state index in [2.05, 4.69) is 41.5 Å². The summed E-state index contributed by atoms with van der Waals surface area (Å²) in [5.41, 5.74) is 7.74. The molecule has 0 fully saturated rings. The number of benzene rings is 1. The third kappa shape index (κ3) is 8.97. The lowest BCUT2D eigenvalue weighted by molar-refractivity contribution is -0.130. The molecule has 3 aromatic rings. The molecule has 0 aliphatic heterocycles. The van der Waals surface area contributed by atoms with Crippen molar-refractivity contribution in [3.63, 3.8) is 0 Å². The number of nitrogens with one attached hydrogen (secondary N) is 7. The second-order valence-electron chi connectivity index (χ2n) is 8.89. The molecule has 2 atom stereocenters. The number of imidazole rings is 1. The normalized spacial score (nSPS) is 12.1. The summed E-state index contributed by atoms with van der Waals surface area (Å²) in [7, 11) is 0. The van der Waals surface area contributed by atoms with Crippen LogP contribution in [-0.2, 0) is 41.6 Å². The van der Waals surface area contributed by atoms with E-state index in [9.17, 15) is 28.8 Å². The zero-order chi connectivity index (χ0) is 29.1. The van der Waals surface area contributed by atoms with Crippen LogP contribution in [0.4, 0.5) is 0 Å². The number of amides is 6. The lowest BCUT2D eigenvalue weighted by Crippen LogP contribution is -2.51. The van der Waals surface area contributed by atoms with Crippen molar-refractivity contribution in [2.75, 3.05) is 19.6 Å². The van der Waals surface area contributed by atoms with E-state index in [0.717, 1.165) is 16.5 Å². The summed E-state index contributed by atoms with van der Waals surface area (Å²) in [5.74, 6) is -3.73. The number of nitrogens with zero attached hydrogens (tertiary/aromatic N) is 1. The van der Waals surface area contributed by atoms with Crippen LogP contribution >= 0.6 is 0 Å². The summed E-state index contributed by atoms with van der Waals surface area (Å²) in [5, 5.41) is 12.9. The summed E-state index contributed by atoms with van der Waals surface area (Å²) < 4.78 is 0. The van der Waals surface area contributed by atoms with Crippen LogP contribution in [0.5, 0.6) is 0 Å². The number of rotatable bonds is 14. The Hall–Kier alpha value is -5.21. The molecule has 0 unspecified atom stereocenters. The van der Waals surface area contributed by atoms with Crippen molar-refractivity contribution in [1.82, 2.24) is 41.5 Å². The number of aromatic nitrogens is 3. The Morgan fingerprint density at radius 3 is 2.17 bits per heavy atom. The predicted molar refractivity (Wildman–Crippen MR) is 142 cm³/mol. The molecule has 0 radical (unpaired) electrons. The molecule has 0 aliphatic rings. The standard InChI is InChI=1S/C25H31N9O6/c1-14(35)33-20(7-16-9-27-13-32-16)25(40)31-11-22(37)29-10-21(36)30-12-23(38)34-19(24(26)39)6-15-8-28-18-5-3-2-4-17(15)18/h2-5,8-9,13,19-20,28H,6-7,10-12H2,1H3,(H2,26,39)(H,27,32)(H,29,37)(H,30,36)(H,31,40)(H,33,35)(H,34,38)/t19-,20-/m0/s1. The average Bonchev–Trinajstić information content (AvgIpc) is 3.58. The fourth-order valence-corrected chi connectivity index (χ4v) is 3.83. The zero-order valence-electron chi connectivity index (χ0n) is 21.7. The van der Waals surface area contributed by atoms with Gasteiger partial charge in [0.05, 0.1) is 26.0 Å². The molecular weight excluding hydrogens is 522 g/mol. The van der Waals surface area contributed by atoms with E-state index in [1.807, 2.05) is 24.3 Å². The molecular formula is C25H31N9O6. The Morgan fingerprint density at radius 1 is 0.850 bits per heavy atom. The molecule has 0 bridgehead atoms. The first-order chi connectivity index (χ1) is 19.1. The molecule has 2 heterocycles. The summed E-state index contributed by atoms with van der Waals surface area (Å²) >= 11 is 0. The second-order valence-corrected chi connectivity index (χ2v) is 8.89. The van der Waals surface area contributed by atoms with Gasteiger partial charge < -0.3 is 42.3 Å². The Bertz CT molecular complexity index is 1370. The van der Waals surface area contributed by atoms with E-state index in [1.165, 1.54) is 19.4 Å². The number of aromatic amines is 2. The molecule has 15 nitrogen and oxygen atoms in total. The molecule has 0 saturated carbocycles. The number of carbonyl (C=O) groups is 6. The molecule has 6 amide bonds. The highest BCUT2D eigenvalue weighted by Gasteiger charge is 2.22. The van der Waals surface area contributed by atoms with Crippen LogP contribution in [0.1, 0.15) is 18.2 Å². The highest BCUT2D eigenvalue weighted by molar-refractivity contribution is 5.93. The van der Waals surface area contributed by atoms with E-state index in [-0.39, 0.29) is 12.8 Å². The van der Waals surface area contributed by atoms with Gasteiger partial charge in [-0.1, -0.05) is 18.2 Å². The molecule has 0 saturated heterocycles. The maximum atomic E-state index is 12.4. The van der Waals surface area contributed by atoms with Gasteiger partial charge >= 0.3 is 0 Å². The van der Waals surface area contributed by atoms with Crippen LogP contribution in [0.3, 0.4) is 0 Å². The SMILES string of the molecule is CC(=O)N[C@@H](Cc1cnc[nH]1)C(=O)NCC(=O)NCC(=O)NCC(=O)N[C@@H](Cc1c[nH]c2ccccc12)C(N)=O. The van der Waals surface area contributed by atoms with Crippen molar-refractivity contribution in [2.24, 2.45) is 5.73 Å². The van der Waals surface area contributed by atoms with Crippen LogP contribution in [0.2, 0.25) is 0 Å². The molecule has 0 aliphatic carbocycles. The van der Waals surface area contributed by atoms with E-state index < -0.39 is 67.2 Å². The first-order valence-electron chi connectivity index (χ1n) is 12.3. The lowest BCUT2D eigenvalue weighted by atomic mass is 10.0. The number of carbonyl (C=O) groups excluding carboxylic acids is 6. The Kier molecular flexibility index (Phi) is 10.3. The first kappa shape index (κ1) is 29.3.